The molecule has 0 aromatic rings. The molecule has 0 heterocycles. The molecule has 0 spiro atoms. The third-order valence-corrected chi connectivity index (χ3v) is 2.35. The van der Waals surface area contributed by atoms with Crippen LogP contribution in [0.4, 0.5) is 0 Å². The number of amides is 1. The molecule has 3 nitrogen and oxygen atoms in total. The van der Waals surface area contributed by atoms with Crippen LogP contribution in [0, 0.1) is 0 Å². The summed E-state index contributed by atoms with van der Waals surface area (Å²) in [6.07, 6.45) is 3.12. The molecule has 1 amide bonds. The van der Waals surface area contributed by atoms with Crippen molar-refractivity contribution >= 4 is 17.7 Å². The second-order valence-electron chi connectivity index (χ2n) is 2.98. The standard InChI is InChI=1S/C9H20N2OS/c1-4-5-10-8-9(12)11(2)6-7-13-3/h10H,4-8H2,1-3H3. The molecule has 0 atom stereocenters. The van der Waals surface area contributed by atoms with Crippen LogP contribution in [0.5, 0.6) is 0 Å². The lowest BCUT2D eigenvalue weighted by molar-refractivity contribution is -0.128. The lowest BCUT2D eigenvalue weighted by Crippen LogP contribution is -2.36. The second kappa shape index (κ2) is 8.38. The predicted octanol–water partition coefficient (Wildman–Crippen LogP) is 0.807. The molecule has 78 valence electrons. The Hall–Kier alpha value is -0.220. The number of likely N-dealkylation sites (N-methyl/N-ethyl adjacent to an activating group) is 1. The molecule has 0 rings (SSSR count). The van der Waals surface area contributed by atoms with Crippen LogP contribution in [0.1, 0.15) is 13.3 Å². The molecule has 0 saturated heterocycles. The number of hydrogen-bond donors (Lipinski definition) is 1. The number of thioether (sulfide) groups is 1. The van der Waals surface area contributed by atoms with Crippen LogP contribution in [-0.2, 0) is 4.79 Å². The van der Waals surface area contributed by atoms with Gasteiger partial charge in [0.1, 0.15) is 0 Å². The molecule has 0 aliphatic rings. The number of carbonyl (C=O) groups is 1. The smallest absolute Gasteiger partial charge is 0.236 e. The summed E-state index contributed by atoms with van der Waals surface area (Å²) in [6, 6.07) is 0. The molecule has 0 radical (unpaired) electrons. The molecule has 0 bridgehead atoms. The van der Waals surface area contributed by atoms with E-state index in [4.69, 9.17) is 0 Å². The SMILES string of the molecule is CCCNCC(=O)N(C)CCSC. The normalized spacial score (nSPS) is 10.1. The fourth-order valence-corrected chi connectivity index (χ4v) is 1.32. The van der Waals surface area contributed by atoms with Crippen LogP contribution in [0.2, 0.25) is 0 Å². The minimum absolute atomic E-state index is 0.183. The molecule has 4 heteroatoms. The first-order chi connectivity index (χ1) is 6.22. The van der Waals surface area contributed by atoms with Crippen molar-refractivity contribution < 1.29 is 4.79 Å². The number of nitrogens with one attached hydrogen (secondary N) is 1. The van der Waals surface area contributed by atoms with E-state index in [9.17, 15) is 4.79 Å². The molecular formula is C9H20N2OS. The van der Waals surface area contributed by atoms with Gasteiger partial charge in [0.05, 0.1) is 6.54 Å². The fourth-order valence-electron chi connectivity index (χ4n) is 0.860. The first kappa shape index (κ1) is 12.8. The number of nitrogens with zero attached hydrogens (tertiary/aromatic N) is 1. The van der Waals surface area contributed by atoms with E-state index in [1.54, 1.807) is 16.7 Å². The van der Waals surface area contributed by atoms with Crippen molar-refractivity contribution in [3.8, 4) is 0 Å². The first-order valence-electron chi connectivity index (χ1n) is 4.66. The molecule has 0 aromatic carbocycles. The summed E-state index contributed by atoms with van der Waals surface area (Å²) < 4.78 is 0. The second-order valence-corrected chi connectivity index (χ2v) is 3.97. The Labute approximate surface area is 85.3 Å². The summed E-state index contributed by atoms with van der Waals surface area (Å²) in [7, 11) is 1.85. The Bertz CT molecular complexity index is 142. The number of carbonyl (C=O) groups excluding carboxylic acids is 1. The van der Waals surface area contributed by atoms with Crippen molar-refractivity contribution in [2.75, 3.05) is 38.7 Å². The van der Waals surface area contributed by atoms with Crippen LogP contribution >= 0.6 is 11.8 Å². The van der Waals surface area contributed by atoms with E-state index in [2.05, 4.69) is 12.2 Å². The van der Waals surface area contributed by atoms with Crippen molar-refractivity contribution in [2.24, 2.45) is 0 Å². The Balaban J connectivity index is 3.45. The molecule has 0 unspecified atom stereocenters. The van der Waals surface area contributed by atoms with Crippen LogP contribution in [0.3, 0.4) is 0 Å². The summed E-state index contributed by atoms with van der Waals surface area (Å²) >= 11 is 1.76. The zero-order valence-corrected chi connectivity index (χ0v) is 9.62. The first-order valence-corrected chi connectivity index (χ1v) is 6.05. The Morgan fingerprint density at radius 2 is 2.23 bits per heavy atom. The maximum atomic E-state index is 11.4. The minimum Gasteiger partial charge on any atom is -0.344 e. The van der Waals surface area contributed by atoms with E-state index >= 15 is 0 Å². The van der Waals surface area contributed by atoms with Gasteiger partial charge < -0.3 is 10.2 Å². The van der Waals surface area contributed by atoms with Gasteiger partial charge in [-0.05, 0) is 19.2 Å². The minimum atomic E-state index is 0.183. The van der Waals surface area contributed by atoms with Crippen LogP contribution < -0.4 is 5.32 Å². The van der Waals surface area contributed by atoms with Crippen molar-refractivity contribution in [1.82, 2.24) is 10.2 Å². The monoisotopic (exact) mass is 204 g/mol. The van der Waals surface area contributed by atoms with E-state index in [1.807, 2.05) is 13.3 Å². The third-order valence-electron chi connectivity index (χ3n) is 1.76. The highest BCUT2D eigenvalue weighted by Gasteiger charge is 2.05. The topological polar surface area (TPSA) is 32.3 Å². The largest absolute Gasteiger partial charge is 0.344 e. The Kier molecular flexibility index (Phi) is 8.24. The van der Waals surface area contributed by atoms with Gasteiger partial charge >= 0.3 is 0 Å². The van der Waals surface area contributed by atoms with Gasteiger partial charge in [-0.1, -0.05) is 6.92 Å². The summed E-state index contributed by atoms with van der Waals surface area (Å²) in [6.45, 7) is 4.32. The lowest BCUT2D eigenvalue weighted by Gasteiger charge is -2.16. The molecule has 13 heavy (non-hydrogen) atoms. The average molecular weight is 204 g/mol. The predicted molar refractivity (Wildman–Crippen MR) is 59.2 cm³/mol. The summed E-state index contributed by atoms with van der Waals surface area (Å²) in [5.41, 5.74) is 0. The molecule has 0 fully saturated rings. The van der Waals surface area contributed by atoms with Gasteiger partial charge in [0, 0.05) is 19.3 Å². The maximum Gasteiger partial charge on any atom is 0.236 e. The molecule has 1 N–H and O–H groups in total. The zero-order valence-electron chi connectivity index (χ0n) is 8.80. The van der Waals surface area contributed by atoms with Gasteiger partial charge in [0.15, 0.2) is 0 Å². The van der Waals surface area contributed by atoms with E-state index in [1.165, 1.54) is 0 Å². The number of hydrogen-bond acceptors (Lipinski definition) is 3. The van der Waals surface area contributed by atoms with Crippen molar-refractivity contribution in [1.29, 1.82) is 0 Å². The van der Waals surface area contributed by atoms with E-state index < -0.39 is 0 Å². The highest BCUT2D eigenvalue weighted by Crippen LogP contribution is 1.93. The van der Waals surface area contributed by atoms with Crippen molar-refractivity contribution in [2.45, 2.75) is 13.3 Å². The highest BCUT2D eigenvalue weighted by molar-refractivity contribution is 7.98. The molecule has 0 aliphatic heterocycles. The average Bonchev–Trinajstić information content (AvgIpc) is 2.14. The summed E-state index contributed by atoms with van der Waals surface area (Å²) in [4.78, 5) is 13.2. The molecular weight excluding hydrogens is 184 g/mol. The van der Waals surface area contributed by atoms with Gasteiger partial charge in [-0.25, -0.2) is 0 Å². The van der Waals surface area contributed by atoms with Gasteiger partial charge in [0.25, 0.3) is 0 Å². The highest BCUT2D eigenvalue weighted by atomic mass is 32.2. The zero-order chi connectivity index (χ0) is 10.1. The van der Waals surface area contributed by atoms with Crippen LogP contribution in [0.25, 0.3) is 0 Å². The van der Waals surface area contributed by atoms with Crippen molar-refractivity contribution in [3.05, 3.63) is 0 Å². The van der Waals surface area contributed by atoms with Crippen LogP contribution in [0.15, 0.2) is 0 Å². The van der Waals surface area contributed by atoms with E-state index in [-0.39, 0.29) is 5.91 Å². The van der Waals surface area contributed by atoms with E-state index in [0.29, 0.717) is 6.54 Å². The number of rotatable bonds is 7. The maximum absolute atomic E-state index is 11.4. The summed E-state index contributed by atoms with van der Waals surface area (Å²) in [5, 5.41) is 3.09. The third kappa shape index (κ3) is 6.90. The Morgan fingerprint density at radius 1 is 1.54 bits per heavy atom. The van der Waals surface area contributed by atoms with Gasteiger partial charge in [-0.15, -0.1) is 0 Å². The lowest BCUT2D eigenvalue weighted by atomic mass is 10.4. The van der Waals surface area contributed by atoms with Gasteiger partial charge in [-0.3, -0.25) is 4.79 Å². The fraction of sp³-hybridized carbons (Fsp3) is 0.889. The molecule has 0 aliphatic carbocycles. The van der Waals surface area contributed by atoms with Gasteiger partial charge in [0.2, 0.25) is 5.91 Å². The van der Waals surface area contributed by atoms with Gasteiger partial charge in [-0.2, -0.15) is 11.8 Å². The van der Waals surface area contributed by atoms with Crippen molar-refractivity contribution in [3.63, 3.8) is 0 Å². The van der Waals surface area contributed by atoms with E-state index in [0.717, 1.165) is 25.3 Å². The quantitative estimate of drug-likeness (QED) is 0.623. The Morgan fingerprint density at radius 3 is 2.77 bits per heavy atom. The van der Waals surface area contributed by atoms with Crippen LogP contribution in [-0.4, -0.2) is 49.5 Å². The molecule has 0 aromatic heterocycles. The summed E-state index contributed by atoms with van der Waals surface area (Å²) in [5.74, 6) is 1.19. The molecule has 0 saturated carbocycles.